The van der Waals surface area contributed by atoms with Crippen LogP contribution in [0, 0.1) is 13.8 Å². The van der Waals surface area contributed by atoms with Gasteiger partial charge in [-0.15, -0.1) is 0 Å². The highest BCUT2D eigenvalue weighted by Gasteiger charge is 2.33. The topological polar surface area (TPSA) is 86.8 Å². The molecular weight excluding hydrogens is 498 g/mol. The molecule has 0 unspecified atom stereocenters. The van der Waals surface area contributed by atoms with Crippen LogP contribution in [0.15, 0.2) is 83.8 Å². The summed E-state index contributed by atoms with van der Waals surface area (Å²) in [6.07, 6.45) is 0.381. The first-order valence-electron chi connectivity index (χ1n) is 12.8. The first kappa shape index (κ1) is 28.9. The van der Waals surface area contributed by atoms with Gasteiger partial charge in [-0.25, -0.2) is 8.42 Å². The fourth-order valence-electron chi connectivity index (χ4n) is 4.42. The van der Waals surface area contributed by atoms with Crippen molar-refractivity contribution in [3.63, 3.8) is 0 Å². The van der Waals surface area contributed by atoms with E-state index in [4.69, 9.17) is 0 Å². The van der Waals surface area contributed by atoms with Crippen molar-refractivity contribution in [2.75, 3.05) is 10.8 Å². The van der Waals surface area contributed by atoms with Crippen LogP contribution in [-0.2, 0) is 26.2 Å². The molecule has 8 heteroatoms. The molecule has 0 heterocycles. The average molecular weight is 536 g/mol. The van der Waals surface area contributed by atoms with Gasteiger partial charge in [-0.05, 0) is 75.1 Å². The number of anilines is 1. The number of aryl methyl sites for hydroxylation is 2. The van der Waals surface area contributed by atoms with Crippen LogP contribution in [0.3, 0.4) is 0 Å². The van der Waals surface area contributed by atoms with Crippen LogP contribution in [0.2, 0.25) is 0 Å². The van der Waals surface area contributed by atoms with Gasteiger partial charge in [0, 0.05) is 12.6 Å². The molecule has 0 radical (unpaired) electrons. The summed E-state index contributed by atoms with van der Waals surface area (Å²) >= 11 is 0. The van der Waals surface area contributed by atoms with Crippen LogP contribution < -0.4 is 9.62 Å². The lowest BCUT2D eigenvalue weighted by Crippen LogP contribution is -2.53. The Morgan fingerprint density at radius 2 is 1.42 bits per heavy atom. The fourth-order valence-corrected chi connectivity index (χ4v) is 5.84. The van der Waals surface area contributed by atoms with Crippen molar-refractivity contribution in [2.45, 2.75) is 64.6 Å². The Labute approximate surface area is 226 Å². The standard InChI is InChI=1S/C30H37N3O4S/c1-6-28(30(35)31-22(2)3)32(20-25-13-9-7-10-14-25)29(34)21-33(26-18-23(4)17-24(5)19-26)38(36,37)27-15-11-8-12-16-27/h7-19,22,28H,6,20-21H2,1-5H3,(H,31,35)/t28-/m1/s1. The minimum absolute atomic E-state index is 0.0890. The normalized spacial score (nSPS) is 12.2. The van der Waals surface area contributed by atoms with Crippen molar-refractivity contribution >= 4 is 27.5 Å². The lowest BCUT2D eigenvalue weighted by Gasteiger charge is -2.33. The van der Waals surface area contributed by atoms with Crippen molar-refractivity contribution in [2.24, 2.45) is 0 Å². The Morgan fingerprint density at radius 3 is 1.95 bits per heavy atom. The van der Waals surface area contributed by atoms with Crippen LogP contribution in [-0.4, -0.2) is 43.8 Å². The number of hydrogen-bond acceptors (Lipinski definition) is 4. The van der Waals surface area contributed by atoms with Crippen LogP contribution in [0.25, 0.3) is 0 Å². The van der Waals surface area contributed by atoms with Gasteiger partial charge in [-0.3, -0.25) is 13.9 Å². The molecule has 1 atom stereocenters. The van der Waals surface area contributed by atoms with E-state index < -0.39 is 28.5 Å². The zero-order valence-corrected chi connectivity index (χ0v) is 23.5. The third-order valence-electron chi connectivity index (χ3n) is 6.12. The van der Waals surface area contributed by atoms with E-state index >= 15 is 0 Å². The summed E-state index contributed by atoms with van der Waals surface area (Å²) in [5.74, 6) is -0.728. The summed E-state index contributed by atoms with van der Waals surface area (Å²) in [7, 11) is -4.08. The quantitative estimate of drug-likeness (QED) is 0.381. The molecule has 0 aromatic heterocycles. The summed E-state index contributed by atoms with van der Waals surface area (Å²) < 4.78 is 28.9. The number of benzene rings is 3. The third-order valence-corrected chi connectivity index (χ3v) is 7.91. The van der Waals surface area contributed by atoms with E-state index in [1.165, 1.54) is 17.0 Å². The van der Waals surface area contributed by atoms with Crippen LogP contribution in [0.4, 0.5) is 5.69 Å². The Bertz CT molecular complexity index is 1320. The minimum Gasteiger partial charge on any atom is -0.352 e. The molecule has 202 valence electrons. The molecule has 3 rings (SSSR count). The monoisotopic (exact) mass is 535 g/mol. The highest BCUT2D eigenvalue weighted by Crippen LogP contribution is 2.27. The largest absolute Gasteiger partial charge is 0.352 e. The predicted octanol–water partition coefficient (Wildman–Crippen LogP) is 4.83. The molecule has 0 spiro atoms. The second-order valence-electron chi connectivity index (χ2n) is 9.77. The molecule has 0 fully saturated rings. The number of nitrogens with zero attached hydrogens (tertiary/aromatic N) is 2. The predicted molar refractivity (Wildman–Crippen MR) is 151 cm³/mol. The molecule has 2 amide bonds. The van der Waals surface area contributed by atoms with Gasteiger partial charge >= 0.3 is 0 Å². The van der Waals surface area contributed by atoms with Gasteiger partial charge in [0.15, 0.2) is 0 Å². The number of hydrogen-bond donors (Lipinski definition) is 1. The average Bonchev–Trinajstić information content (AvgIpc) is 2.87. The lowest BCUT2D eigenvalue weighted by atomic mass is 10.1. The Hall–Kier alpha value is -3.65. The summed E-state index contributed by atoms with van der Waals surface area (Å²) in [6, 6.07) is 22.1. The highest BCUT2D eigenvalue weighted by molar-refractivity contribution is 7.92. The number of carbonyl (C=O) groups is 2. The number of sulfonamides is 1. The fraction of sp³-hybridized carbons (Fsp3) is 0.333. The summed E-state index contributed by atoms with van der Waals surface area (Å²) in [4.78, 5) is 28.7. The van der Waals surface area contributed by atoms with E-state index in [2.05, 4.69) is 5.32 Å². The van der Waals surface area contributed by atoms with E-state index in [9.17, 15) is 18.0 Å². The first-order chi connectivity index (χ1) is 18.0. The van der Waals surface area contributed by atoms with Crippen LogP contribution >= 0.6 is 0 Å². The SMILES string of the molecule is CC[C@H](C(=O)NC(C)C)N(Cc1ccccc1)C(=O)CN(c1cc(C)cc(C)c1)S(=O)(=O)c1ccccc1. The second-order valence-corrected chi connectivity index (χ2v) is 11.6. The molecule has 0 aliphatic rings. The molecule has 0 aliphatic carbocycles. The Kier molecular flexibility index (Phi) is 9.69. The summed E-state index contributed by atoms with van der Waals surface area (Å²) in [6.45, 7) is 9.07. The molecule has 0 saturated heterocycles. The molecule has 7 nitrogen and oxygen atoms in total. The maximum Gasteiger partial charge on any atom is 0.264 e. The smallest absolute Gasteiger partial charge is 0.264 e. The molecule has 0 bridgehead atoms. The zero-order chi connectivity index (χ0) is 27.9. The van der Waals surface area contributed by atoms with Gasteiger partial charge in [0.05, 0.1) is 10.6 Å². The van der Waals surface area contributed by atoms with Crippen molar-refractivity contribution in [3.8, 4) is 0 Å². The van der Waals surface area contributed by atoms with E-state index in [0.29, 0.717) is 12.1 Å². The van der Waals surface area contributed by atoms with Gasteiger partial charge < -0.3 is 10.2 Å². The first-order valence-corrected chi connectivity index (χ1v) is 14.3. The van der Waals surface area contributed by atoms with Crippen LogP contribution in [0.1, 0.15) is 43.9 Å². The molecular formula is C30H37N3O4S. The van der Waals surface area contributed by atoms with Gasteiger partial charge in [0.2, 0.25) is 11.8 Å². The van der Waals surface area contributed by atoms with Crippen molar-refractivity contribution < 1.29 is 18.0 Å². The number of rotatable bonds is 11. The third kappa shape index (κ3) is 7.22. The second kappa shape index (κ2) is 12.7. The Morgan fingerprint density at radius 1 is 0.868 bits per heavy atom. The molecule has 1 N–H and O–H groups in total. The number of amides is 2. The van der Waals surface area contributed by atoms with Gasteiger partial charge in [0.1, 0.15) is 12.6 Å². The number of carbonyl (C=O) groups excluding carboxylic acids is 2. The van der Waals surface area contributed by atoms with Crippen molar-refractivity contribution in [1.29, 1.82) is 0 Å². The van der Waals surface area contributed by atoms with Crippen molar-refractivity contribution in [1.82, 2.24) is 10.2 Å². The summed E-state index contributed by atoms with van der Waals surface area (Å²) in [5.41, 5.74) is 3.01. The minimum atomic E-state index is -4.08. The van der Waals surface area contributed by atoms with E-state index in [1.54, 1.807) is 30.3 Å². The van der Waals surface area contributed by atoms with Gasteiger partial charge in [-0.2, -0.15) is 0 Å². The van der Waals surface area contributed by atoms with E-state index in [-0.39, 0.29) is 23.4 Å². The van der Waals surface area contributed by atoms with Crippen LogP contribution in [0.5, 0.6) is 0 Å². The van der Waals surface area contributed by atoms with Gasteiger partial charge in [0.25, 0.3) is 10.0 Å². The maximum atomic E-state index is 14.0. The summed E-state index contributed by atoms with van der Waals surface area (Å²) in [5, 5.41) is 2.91. The molecule has 0 saturated carbocycles. The van der Waals surface area contributed by atoms with Gasteiger partial charge in [-0.1, -0.05) is 61.5 Å². The molecule has 0 aliphatic heterocycles. The van der Waals surface area contributed by atoms with E-state index in [1.807, 2.05) is 71.0 Å². The molecule has 38 heavy (non-hydrogen) atoms. The lowest BCUT2D eigenvalue weighted by molar-refractivity contribution is -0.140. The number of nitrogens with one attached hydrogen (secondary N) is 1. The zero-order valence-electron chi connectivity index (χ0n) is 22.7. The molecule has 3 aromatic carbocycles. The van der Waals surface area contributed by atoms with E-state index in [0.717, 1.165) is 21.0 Å². The maximum absolute atomic E-state index is 14.0. The van der Waals surface area contributed by atoms with Crippen molar-refractivity contribution in [3.05, 3.63) is 95.6 Å². The highest BCUT2D eigenvalue weighted by atomic mass is 32.2. The molecule has 3 aromatic rings. The Balaban J connectivity index is 2.07.